The van der Waals surface area contributed by atoms with Crippen molar-refractivity contribution in [2.45, 2.75) is 19.3 Å². The molecule has 0 radical (unpaired) electrons. The molecule has 15 heavy (non-hydrogen) atoms. The van der Waals surface area contributed by atoms with Crippen molar-refractivity contribution in [2.75, 3.05) is 33.4 Å². The molecule has 0 atom stereocenters. The van der Waals surface area contributed by atoms with Crippen LogP contribution >= 0.6 is 0 Å². The van der Waals surface area contributed by atoms with Crippen molar-refractivity contribution >= 4 is 11.8 Å². The van der Waals surface area contributed by atoms with Crippen LogP contribution in [0.5, 0.6) is 0 Å². The third-order valence-electron chi connectivity index (χ3n) is 2.40. The molecule has 0 aromatic heterocycles. The van der Waals surface area contributed by atoms with Crippen LogP contribution in [-0.4, -0.2) is 50.1 Å². The van der Waals surface area contributed by atoms with Crippen LogP contribution in [0.4, 0.5) is 0 Å². The summed E-state index contributed by atoms with van der Waals surface area (Å²) >= 11 is 0. The van der Waals surface area contributed by atoms with Crippen LogP contribution < -0.4 is 5.32 Å². The Hall–Kier alpha value is -1.10. The molecule has 0 unspecified atom stereocenters. The van der Waals surface area contributed by atoms with Gasteiger partial charge in [-0.2, -0.15) is 0 Å². The summed E-state index contributed by atoms with van der Waals surface area (Å²) in [6.07, 6.45) is 2.74. The Morgan fingerprint density at radius 1 is 1.33 bits per heavy atom. The van der Waals surface area contributed by atoms with E-state index in [-0.39, 0.29) is 0 Å². The number of hydrogen-bond donors (Lipinski definition) is 1. The molecule has 1 saturated heterocycles. The van der Waals surface area contributed by atoms with Gasteiger partial charge in [0.25, 0.3) is 0 Å². The van der Waals surface area contributed by atoms with Gasteiger partial charge in [0.05, 0.1) is 0 Å². The highest BCUT2D eigenvalue weighted by Gasteiger charge is 2.23. The largest absolute Gasteiger partial charge is 0.385 e. The minimum atomic E-state index is -0.493. The van der Waals surface area contributed by atoms with Crippen molar-refractivity contribution in [2.24, 2.45) is 0 Å². The quantitative estimate of drug-likeness (QED) is 0.519. The summed E-state index contributed by atoms with van der Waals surface area (Å²) in [6.45, 7) is 2.51. The third kappa shape index (κ3) is 3.87. The Balaban J connectivity index is 2.18. The minimum Gasteiger partial charge on any atom is -0.385 e. The molecule has 1 N–H and O–H groups in total. The number of amides is 2. The van der Waals surface area contributed by atoms with Crippen LogP contribution in [0.2, 0.25) is 0 Å². The number of rotatable bonds is 4. The van der Waals surface area contributed by atoms with E-state index in [1.165, 1.54) is 0 Å². The maximum absolute atomic E-state index is 11.5. The van der Waals surface area contributed by atoms with Gasteiger partial charge in [0.15, 0.2) is 0 Å². The lowest BCUT2D eigenvalue weighted by Crippen LogP contribution is -2.42. The molecule has 1 rings (SSSR count). The highest BCUT2D eigenvalue weighted by Crippen LogP contribution is 2.06. The number of nitrogens with one attached hydrogen (secondary N) is 1. The molecule has 1 aliphatic heterocycles. The summed E-state index contributed by atoms with van der Waals surface area (Å²) in [5.74, 6) is -0.891. The smallest absolute Gasteiger partial charge is 0.311 e. The van der Waals surface area contributed by atoms with Gasteiger partial charge in [-0.05, 0) is 19.3 Å². The Kier molecular flexibility index (Phi) is 5.10. The first-order valence-corrected chi connectivity index (χ1v) is 5.31. The maximum atomic E-state index is 11.5. The van der Waals surface area contributed by atoms with Crippen LogP contribution in [0, 0.1) is 0 Å². The number of carbonyl (C=O) groups excluding carboxylic acids is 2. The first-order chi connectivity index (χ1) is 7.25. The van der Waals surface area contributed by atoms with Crippen molar-refractivity contribution in [1.82, 2.24) is 10.2 Å². The molecule has 0 aromatic rings. The fourth-order valence-electron chi connectivity index (χ4n) is 1.56. The molecule has 5 heteroatoms. The van der Waals surface area contributed by atoms with Gasteiger partial charge in [-0.15, -0.1) is 0 Å². The molecule has 0 saturated carbocycles. The zero-order chi connectivity index (χ0) is 11.1. The maximum Gasteiger partial charge on any atom is 0.311 e. The summed E-state index contributed by atoms with van der Waals surface area (Å²) in [7, 11) is 1.61. The van der Waals surface area contributed by atoms with E-state index >= 15 is 0 Å². The van der Waals surface area contributed by atoms with Gasteiger partial charge in [0.2, 0.25) is 0 Å². The first-order valence-electron chi connectivity index (χ1n) is 5.31. The SMILES string of the molecule is COCCCNC(=O)C(=O)N1CCCC1. The predicted molar refractivity (Wildman–Crippen MR) is 55.3 cm³/mol. The monoisotopic (exact) mass is 214 g/mol. The normalized spacial score (nSPS) is 15.4. The Morgan fingerprint density at radius 3 is 2.60 bits per heavy atom. The number of ether oxygens (including phenoxy) is 1. The molecule has 0 spiro atoms. The average molecular weight is 214 g/mol. The molecule has 5 nitrogen and oxygen atoms in total. The van der Waals surface area contributed by atoms with Crippen LogP contribution in [-0.2, 0) is 14.3 Å². The topological polar surface area (TPSA) is 58.6 Å². The van der Waals surface area contributed by atoms with E-state index in [9.17, 15) is 9.59 Å². The van der Waals surface area contributed by atoms with Crippen molar-refractivity contribution in [3.05, 3.63) is 0 Å². The fraction of sp³-hybridized carbons (Fsp3) is 0.800. The molecule has 1 heterocycles. The molecule has 0 bridgehead atoms. The Morgan fingerprint density at radius 2 is 2.00 bits per heavy atom. The van der Waals surface area contributed by atoms with E-state index in [1.807, 2.05) is 0 Å². The molecule has 1 fully saturated rings. The van der Waals surface area contributed by atoms with E-state index in [0.29, 0.717) is 26.2 Å². The van der Waals surface area contributed by atoms with Gasteiger partial charge in [0.1, 0.15) is 0 Å². The number of methoxy groups -OCH3 is 1. The second-order valence-corrected chi connectivity index (χ2v) is 3.60. The molecule has 0 aromatic carbocycles. The number of carbonyl (C=O) groups is 2. The number of likely N-dealkylation sites (tertiary alicyclic amines) is 1. The van der Waals surface area contributed by atoms with Gasteiger partial charge in [-0.1, -0.05) is 0 Å². The second-order valence-electron chi connectivity index (χ2n) is 3.60. The van der Waals surface area contributed by atoms with Gasteiger partial charge in [-0.3, -0.25) is 9.59 Å². The van der Waals surface area contributed by atoms with E-state index in [0.717, 1.165) is 19.3 Å². The third-order valence-corrected chi connectivity index (χ3v) is 2.40. The Bertz CT molecular complexity index is 225. The van der Waals surface area contributed by atoms with E-state index in [4.69, 9.17) is 4.74 Å². The van der Waals surface area contributed by atoms with E-state index in [2.05, 4.69) is 5.32 Å². The van der Waals surface area contributed by atoms with Crippen molar-refractivity contribution in [3.63, 3.8) is 0 Å². The standard InChI is InChI=1S/C10H18N2O3/c1-15-8-4-5-11-9(13)10(14)12-6-2-3-7-12/h2-8H2,1H3,(H,11,13). The Labute approximate surface area is 89.8 Å². The predicted octanol–water partition coefficient (Wildman–Crippen LogP) is -0.238. The lowest BCUT2D eigenvalue weighted by Gasteiger charge is -2.14. The first kappa shape index (κ1) is 12.0. The summed E-state index contributed by atoms with van der Waals surface area (Å²) in [5.41, 5.74) is 0. The van der Waals surface area contributed by atoms with Gasteiger partial charge in [-0.25, -0.2) is 0 Å². The summed E-state index contributed by atoms with van der Waals surface area (Å²) in [5, 5.41) is 2.58. The zero-order valence-corrected chi connectivity index (χ0v) is 9.12. The highest BCUT2D eigenvalue weighted by atomic mass is 16.5. The van der Waals surface area contributed by atoms with Crippen molar-refractivity contribution in [1.29, 1.82) is 0 Å². The summed E-state index contributed by atoms with van der Waals surface area (Å²) in [6, 6.07) is 0. The van der Waals surface area contributed by atoms with Crippen molar-refractivity contribution in [3.8, 4) is 0 Å². The van der Waals surface area contributed by atoms with Crippen LogP contribution in [0.25, 0.3) is 0 Å². The van der Waals surface area contributed by atoms with Gasteiger partial charge >= 0.3 is 11.8 Å². The number of hydrogen-bond acceptors (Lipinski definition) is 3. The van der Waals surface area contributed by atoms with Crippen LogP contribution in [0.1, 0.15) is 19.3 Å². The summed E-state index contributed by atoms with van der Waals surface area (Å²) < 4.78 is 4.84. The van der Waals surface area contributed by atoms with Crippen molar-refractivity contribution < 1.29 is 14.3 Å². The van der Waals surface area contributed by atoms with Gasteiger partial charge < -0.3 is 15.0 Å². The number of nitrogens with zero attached hydrogens (tertiary/aromatic N) is 1. The lowest BCUT2D eigenvalue weighted by atomic mass is 10.4. The summed E-state index contributed by atoms with van der Waals surface area (Å²) in [4.78, 5) is 24.4. The van der Waals surface area contributed by atoms with Crippen LogP contribution in [0.15, 0.2) is 0 Å². The molecular weight excluding hydrogens is 196 g/mol. The molecule has 2 amide bonds. The second kappa shape index (κ2) is 6.40. The van der Waals surface area contributed by atoms with E-state index in [1.54, 1.807) is 12.0 Å². The van der Waals surface area contributed by atoms with Gasteiger partial charge in [0, 0.05) is 33.4 Å². The van der Waals surface area contributed by atoms with E-state index < -0.39 is 11.8 Å². The highest BCUT2D eigenvalue weighted by molar-refractivity contribution is 6.35. The molecular formula is C10H18N2O3. The minimum absolute atomic E-state index is 0.398. The fourth-order valence-corrected chi connectivity index (χ4v) is 1.56. The molecule has 86 valence electrons. The molecule has 1 aliphatic rings. The van der Waals surface area contributed by atoms with Crippen LogP contribution in [0.3, 0.4) is 0 Å². The average Bonchev–Trinajstić information content (AvgIpc) is 2.76. The lowest BCUT2D eigenvalue weighted by molar-refractivity contribution is -0.145. The molecule has 0 aliphatic carbocycles. The zero-order valence-electron chi connectivity index (χ0n) is 9.12.